The first-order valence-electron chi connectivity index (χ1n) is 15.0. The Morgan fingerprint density at radius 3 is 1.91 bits per heavy atom. The summed E-state index contributed by atoms with van der Waals surface area (Å²) in [6.45, 7) is 5.19. The number of nitrogen functional groups attached to an aromatic ring is 1. The molecule has 0 bridgehead atoms. The Balaban J connectivity index is 2.25. The van der Waals surface area contributed by atoms with E-state index < -0.39 is 41.8 Å². The highest BCUT2D eigenvalue weighted by molar-refractivity contribution is 5.95. The highest BCUT2D eigenvalue weighted by Crippen LogP contribution is 2.15. The van der Waals surface area contributed by atoms with Gasteiger partial charge in [-0.1, -0.05) is 50.2 Å². The Morgan fingerprint density at radius 2 is 1.38 bits per heavy atom. The molecule has 4 amide bonds. The summed E-state index contributed by atoms with van der Waals surface area (Å²) in [5.41, 5.74) is 29.7. The summed E-state index contributed by atoms with van der Waals surface area (Å²) < 4.78 is 0. The first-order chi connectivity index (χ1) is 22.2. The van der Waals surface area contributed by atoms with Gasteiger partial charge >= 0.3 is 0 Å². The van der Waals surface area contributed by atoms with Crippen molar-refractivity contribution in [1.29, 1.82) is 5.41 Å². The van der Waals surface area contributed by atoms with Crippen molar-refractivity contribution in [3.8, 4) is 0 Å². The predicted molar refractivity (Wildman–Crippen MR) is 181 cm³/mol. The number of amidine groups is 1. The second kappa shape index (κ2) is 18.3. The molecule has 2 aromatic carbocycles. The van der Waals surface area contributed by atoms with Crippen LogP contribution in [0.25, 0.3) is 0 Å². The van der Waals surface area contributed by atoms with Crippen molar-refractivity contribution in [3.63, 3.8) is 0 Å². The fourth-order valence-corrected chi connectivity index (χ4v) is 4.48. The van der Waals surface area contributed by atoms with Crippen LogP contribution >= 0.6 is 0 Å². The number of carbonyl (C=O) groups is 4. The molecule has 3 atom stereocenters. The molecule has 47 heavy (non-hydrogen) atoms. The molecule has 0 aromatic heterocycles. The number of aliphatic imine (C=N–C) groups is 2. The van der Waals surface area contributed by atoms with Crippen LogP contribution < -0.4 is 49.9 Å². The number of benzene rings is 2. The molecule has 16 heteroatoms. The van der Waals surface area contributed by atoms with Gasteiger partial charge in [-0.25, -0.2) is 4.99 Å². The lowest BCUT2D eigenvalue weighted by Gasteiger charge is -2.27. The molecular weight excluding hydrogens is 604 g/mol. The molecule has 254 valence electrons. The van der Waals surface area contributed by atoms with E-state index in [1.165, 1.54) is 6.92 Å². The summed E-state index contributed by atoms with van der Waals surface area (Å²) in [5, 5.41) is 18.5. The number of nitrogens with two attached hydrogens (primary N) is 5. The minimum absolute atomic E-state index is 0.0737. The van der Waals surface area contributed by atoms with E-state index in [1.54, 1.807) is 62.4 Å². The SMILES string of the molecule is CC(=O)N[C@H](CCCN=C(N)N)C(=O)N[C@H](C(=O)N[C@H](Cc1ccc(N=C(N)N)cc1)C(=O)NCc1ccc(C(=N)N)cc1)C(C)C. The molecule has 0 heterocycles. The van der Waals surface area contributed by atoms with Crippen LogP contribution in [0.4, 0.5) is 5.69 Å². The molecule has 0 aliphatic heterocycles. The Bertz CT molecular complexity index is 1450. The lowest BCUT2D eigenvalue weighted by atomic mass is 10.00. The minimum Gasteiger partial charge on any atom is -0.384 e. The number of amides is 4. The van der Waals surface area contributed by atoms with Crippen LogP contribution in [0.1, 0.15) is 50.3 Å². The van der Waals surface area contributed by atoms with Gasteiger partial charge in [0.25, 0.3) is 0 Å². The molecule has 2 aromatic rings. The third kappa shape index (κ3) is 13.5. The molecule has 15 N–H and O–H groups in total. The summed E-state index contributed by atoms with van der Waals surface area (Å²) in [6, 6.07) is 10.6. The number of rotatable bonds is 17. The maximum atomic E-state index is 13.6. The van der Waals surface area contributed by atoms with E-state index in [4.69, 9.17) is 34.1 Å². The molecule has 0 radical (unpaired) electrons. The Kier molecular flexibility index (Phi) is 14.6. The van der Waals surface area contributed by atoms with Crippen LogP contribution in [0.3, 0.4) is 0 Å². The van der Waals surface area contributed by atoms with E-state index in [2.05, 4.69) is 31.3 Å². The number of nitrogens with zero attached hydrogens (tertiary/aromatic N) is 2. The third-order valence-corrected chi connectivity index (χ3v) is 6.89. The molecule has 0 fully saturated rings. The molecule has 0 aliphatic carbocycles. The Morgan fingerprint density at radius 1 is 0.766 bits per heavy atom. The zero-order chi connectivity index (χ0) is 35.1. The molecule has 0 aliphatic rings. The van der Waals surface area contributed by atoms with Crippen LogP contribution in [0.5, 0.6) is 0 Å². The molecule has 0 spiro atoms. The second-order valence-corrected chi connectivity index (χ2v) is 11.2. The minimum atomic E-state index is -1.03. The van der Waals surface area contributed by atoms with Crippen molar-refractivity contribution in [2.75, 3.05) is 6.54 Å². The zero-order valence-corrected chi connectivity index (χ0v) is 26.9. The Hall–Kier alpha value is -5.67. The molecule has 0 saturated carbocycles. The van der Waals surface area contributed by atoms with Gasteiger partial charge in [0.1, 0.15) is 24.0 Å². The van der Waals surface area contributed by atoms with Crippen molar-refractivity contribution in [2.24, 2.45) is 44.6 Å². The Labute approximate surface area is 273 Å². The van der Waals surface area contributed by atoms with Gasteiger partial charge < -0.3 is 49.9 Å². The summed E-state index contributed by atoms with van der Waals surface area (Å²) in [6.07, 6.45) is 0.737. The summed E-state index contributed by atoms with van der Waals surface area (Å²) in [5.74, 6) is -2.67. The first kappa shape index (κ1) is 37.5. The van der Waals surface area contributed by atoms with Gasteiger partial charge in [-0.15, -0.1) is 0 Å². The van der Waals surface area contributed by atoms with Crippen LogP contribution in [0.15, 0.2) is 58.5 Å². The topological polar surface area (TPSA) is 295 Å². The number of nitrogens with one attached hydrogen (secondary N) is 5. The van der Waals surface area contributed by atoms with Crippen molar-refractivity contribution in [2.45, 2.75) is 64.7 Å². The van der Waals surface area contributed by atoms with Crippen molar-refractivity contribution >= 4 is 47.1 Å². The van der Waals surface area contributed by atoms with Crippen molar-refractivity contribution in [1.82, 2.24) is 21.3 Å². The van der Waals surface area contributed by atoms with E-state index in [9.17, 15) is 19.2 Å². The smallest absolute Gasteiger partial charge is 0.243 e. The molecule has 0 unspecified atom stereocenters. The van der Waals surface area contributed by atoms with E-state index in [0.717, 1.165) is 5.56 Å². The highest BCUT2D eigenvalue weighted by atomic mass is 16.2. The average molecular weight is 651 g/mol. The van der Waals surface area contributed by atoms with E-state index in [1.807, 2.05) is 0 Å². The summed E-state index contributed by atoms with van der Waals surface area (Å²) >= 11 is 0. The maximum Gasteiger partial charge on any atom is 0.243 e. The van der Waals surface area contributed by atoms with Crippen LogP contribution in [-0.2, 0) is 32.1 Å². The van der Waals surface area contributed by atoms with Gasteiger partial charge in [0.15, 0.2) is 11.9 Å². The standard InChI is InChI=1S/C31H46N12O4/c1-17(2)25(43-28(46)23(40-18(3)44)5-4-14-38-30(34)35)29(47)42-24(15-19-8-12-22(13-9-19)41-31(36)37)27(45)39-16-20-6-10-21(11-7-20)26(32)33/h6-13,17,23-25H,4-5,14-16H2,1-3H3,(H3,32,33)(H,39,45)(H,40,44)(H,42,47)(H,43,46)(H4,34,35,38)(H4,36,37,41)/t23-,24-,25+/m1/s1. The highest BCUT2D eigenvalue weighted by Gasteiger charge is 2.31. The van der Waals surface area contributed by atoms with Gasteiger partial charge in [0.2, 0.25) is 23.6 Å². The summed E-state index contributed by atoms with van der Waals surface area (Å²) in [4.78, 5) is 60.1. The number of carbonyl (C=O) groups excluding carboxylic acids is 4. The van der Waals surface area contributed by atoms with E-state index in [-0.39, 0.29) is 49.6 Å². The normalized spacial score (nSPS) is 12.5. The van der Waals surface area contributed by atoms with Crippen LogP contribution in [0, 0.1) is 11.3 Å². The van der Waals surface area contributed by atoms with E-state index >= 15 is 0 Å². The third-order valence-electron chi connectivity index (χ3n) is 6.89. The van der Waals surface area contributed by atoms with Crippen LogP contribution in [0.2, 0.25) is 0 Å². The lowest BCUT2D eigenvalue weighted by Crippen LogP contribution is -2.58. The fraction of sp³-hybridized carbons (Fsp3) is 0.387. The zero-order valence-electron chi connectivity index (χ0n) is 26.9. The van der Waals surface area contributed by atoms with Gasteiger partial charge in [0.05, 0.1) is 5.69 Å². The predicted octanol–water partition coefficient (Wildman–Crippen LogP) is -1.08. The summed E-state index contributed by atoms with van der Waals surface area (Å²) in [7, 11) is 0. The van der Waals surface area contributed by atoms with Crippen LogP contribution in [-0.4, -0.2) is 66.1 Å². The van der Waals surface area contributed by atoms with Gasteiger partial charge in [-0.05, 0) is 42.0 Å². The van der Waals surface area contributed by atoms with E-state index in [0.29, 0.717) is 23.2 Å². The number of hydrogen-bond acceptors (Lipinski definition) is 7. The lowest BCUT2D eigenvalue weighted by molar-refractivity contribution is -0.134. The largest absolute Gasteiger partial charge is 0.384 e. The van der Waals surface area contributed by atoms with Crippen molar-refractivity contribution in [3.05, 3.63) is 65.2 Å². The van der Waals surface area contributed by atoms with Gasteiger partial charge in [-0.2, -0.15) is 0 Å². The first-order valence-corrected chi connectivity index (χ1v) is 15.0. The monoisotopic (exact) mass is 650 g/mol. The van der Waals surface area contributed by atoms with Crippen molar-refractivity contribution < 1.29 is 19.2 Å². The molecule has 16 nitrogen and oxygen atoms in total. The molecule has 2 rings (SSSR count). The molecule has 0 saturated heterocycles. The molecular formula is C31H46N12O4. The average Bonchev–Trinajstić information content (AvgIpc) is 2.99. The quantitative estimate of drug-likeness (QED) is 0.0565. The fourth-order valence-electron chi connectivity index (χ4n) is 4.48. The van der Waals surface area contributed by atoms with Gasteiger partial charge in [-0.3, -0.25) is 29.6 Å². The van der Waals surface area contributed by atoms with Gasteiger partial charge in [0, 0.05) is 32.0 Å². The second-order valence-electron chi connectivity index (χ2n) is 11.2. The maximum absolute atomic E-state index is 13.6. The number of hydrogen-bond donors (Lipinski definition) is 10. The number of guanidine groups is 2.